The van der Waals surface area contributed by atoms with E-state index in [1.165, 1.54) is 0 Å². The van der Waals surface area contributed by atoms with Gasteiger partial charge in [0.25, 0.3) is 0 Å². The van der Waals surface area contributed by atoms with Crippen LogP contribution in [0.2, 0.25) is 0 Å². The summed E-state index contributed by atoms with van der Waals surface area (Å²) in [6.45, 7) is 2.12. The van der Waals surface area contributed by atoms with Gasteiger partial charge in [-0.2, -0.15) is 12.6 Å². The maximum absolute atomic E-state index is 11.7. The van der Waals surface area contributed by atoms with E-state index in [4.69, 9.17) is 5.21 Å². The second-order valence-corrected chi connectivity index (χ2v) is 4.99. The third-order valence-corrected chi connectivity index (χ3v) is 3.75. The van der Waals surface area contributed by atoms with Crippen LogP contribution < -0.4 is 5.48 Å². The summed E-state index contributed by atoms with van der Waals surface area (Å²) < 4.78 is 0. The number of hydrogen-bond donors (Lipinski definition) is 3. The number of carbonyl (C=O) groups excluding carboxylic acids is 1. The van der Waals surface area contributed by atoms with Crippen LogP contribution in [-0.4, -0.2) is 11.1 Å². The molecule has 0 aromatic heterocycles. The molecule has 0 fully saturated rings. The molecule has 0 saturated carbocycles. The predicted octanol–water partition coefficient (Wildman–Crippen LogP) is 3.36. The van der Waals surface area contributed by atoms with Gasteiger partial charge in [0.2, 0.25) is 5.91 Å². The summed E-state index contributed by atoms with van der Waals surface area (Å²) >= 11 is 4.54. The van der Waals surface area contributed by atoms with Gasteiger partial charge in [-0.25, -0.2) is 5.48 Å². The summed E-state index contributed by atoms with van der Waals surface area (Å²) in [5.41, 5.74) is 2.76. The highest BCUT2D eigenvalue weighted by Gasteiger charge is 2.26. The van der Waals surface area contributed by atoms with Gasteiger partial charge in [-0.3, -0.25) is 10.0 Å². The standard InChI is InChI=1S/C14H21NO2S/c1-2-3-5-10-12(14(16)15-17)13(18)11-8-6-4-7-9-11/h4,6-9,12-13,17-18H,2-3,5,10H2,1H3,(H,15,16). The molecule has 0 spiro atoms. The highest BCUT2D eigenvalue weighted by molar-refractivity contribution is 7.80. The number of thiol groups is 1. The fraction of sp³-hybridized carbons (Fsp3) is 0.500. The van der Waals surface area contributed by atoms with Crippen molar-refractivity contribution in [3.05, 3.63) is 35.9 Å². The first kappa shape index (κ1) is 15.1. The van der Waals surface area contributed by atoms with Crippen LogP contribution in [0.5, 0.6) is 0 Å². The molecule has 1 aromatic rings. The quantitative estimate of drug-likeness (QED) is 0.307. The van der Waals surface area contributed by atoms with Crippen molar-refractivity contribution in [3.63, 3.8) is 0 Å². The van der Waals surface area contributed by atoms with Gasteiger partial charge >= 0.3 is 0 Å². The van der Waals surface area contributed by atoms with E-state index in [0.29, 0.717) is 0 Å². The highest BCUT2D eigenvalue weighted by Crippen LogP contribution is 2.32. The van der Waals surface area contributed by atoms with E-state index in [1.54, 1.807) is 5.48 Å². The molecular weight excluding hydrogens is 246 g/mol. The second kappa shape index (κ2) is 8.16. The first-order valence-corrected chi connectivity index (χ1v) is 6.89. The summed E-state index contributed by atoms with van der Waals surface area (Å²) in [5.74, 6) is -0.651. The van der Waals surface area contributed by atoms with Crippen LogP contribution >= 0.6 is 12.6 Å². The van der Waals surface area contributed by atoms with Crippen molar-refractivity contribution in [2.75, 3.05) is 0 Å². The zero-order valence-electron chi connectivity index (χ0n) is 10.7. The number of rotatable bonds is 7. The van der Waals surface area contributed by atoms with E-state index in [0.717, 1.165) is 31.2 Å². The number of nitrogens with one attached hydrogen (secondary N) is 1. The Bertz CT molecular complexity index is 356. The lowest BCUT2D eigenvalue weighted by atomic mass is 9.92. The average molecular weight is 267 g/mol. The molecule has 0 bridgehead atoms. The Morgan fingerprint density at radius 3 is 2.56 bits per heavy atom. The van der Waals surface area contributed by atoms with E-state index >= 15 is 0 Å². The summed E-state index contributed by atoms with van der Waals surface area (Å²) in [5, 5.41) is 8.64. The number of hydroxylamine groups is 1. The topological polar surface area (TPSA) is 49.3 Å². The van der Waals surface area contributed by atoms with Gasteiger partial charge < -0.3 is 0 Å². The minimum atomic E-state index is -0.352. The molecule has 18 heavy (non-hydrogen) atoms. The minimum absolute atomic E-state index is 0.185. The molecule has 0 heterocycles. The molecule has 100 valence electrons. The highest BCUT2D eigenvalue weighted by atomic mass is 32.1. The molecule has 4 heteroatoms. The molecular formula is C14H21NO2S. The number of amides is 1. The number of hydrogen-bond acceptors (Lipinski definition) is 3. The maximum atomic E-state index is 11.7. The Hall–Kier alpha value is -1.00. The minimum Gasteiger partial charge on any atom is -0.289 e. The third kappa shape index (κ3) is 4.35. The molecule has 2 N–H and O–H groups in total. The smallest absolute Gasteiger partial charge is 0.247 e. The Labute approximate surface area is 114 Å². The fourth-order valence-corrected chi connectivity index (χ4v) is 2.47. The van der Waals surface area contributed by atoms with Gasteiger partial charge in [-0.1, -0.05) is 56.5 Å². The van der Waals surface area contributed by atoms with E-state index in [2.05, 4.69) is 19.6 Å². The zero-order valence-corrected chi connectivity index (χ0v) is 11.6. The lowest BCUT2D eigenvalue weighted by molar-refractivity contribution is -0.133. The first-order valence-electron chi connectivity index (χ1n) is 6.37. The Kier molecular flexibility index (Phi) is 6.83. The van der Waals surface area contributed by atoms with Crippen LogP contribution in [-0.2, 0) is 4.79 Å². The van der Waals surface area contributed by atoms with Crippen molar-refractivity contribution in [1.82, 2.24) is 5.48 Å². The Balaban J connectivity index is 2.72. The van der Waals surface area contributed by atoms with Crippen molar-refractivity contribution in [2.45, 2.75) is 37.9 Å². The number of benzene rings is 1. The number of carbonyl (C=O) groups is 1. The molecule has 0 aliphatic heterocycles. The monoisotopic (exact) mass is 267 g/mol. The summed E-state index contributed by atoms with van der Waals surface area (Å²) in [6.07, 6.45) is 3.91. The van der Waals surface area contributed by atoms with Crippen LogP contribution in [0.25, 0.3) is 0 Å². The van der Waals surface area contributed by atoms with E-state index in [1.807, 2.05) is 30.3 Å². The second-order valence-electron chi connectivity index (χ2n) is 4.43. The van der Waals surface area contributed by atoms with Gasteiger partial charge in [-0.15, -0.1) is 0 Å². The molecule has 1 rings (SSSR count). The molecule has 0 radical (unpaired) electrons. The summed E-state index contributed by atoms with van der Waals surface area (Å²) in [7, 11) is 0. The number of unbranched alkanes of at least 4 members (excludes halogenated alkanes) is 2. The molecule has 0 saturated heterocycles. The van der Waals surface area contributed by atoms with Gasteiger partial charge in [0.1, 0.15) is 0 Å². The average Bonchev–Trinajstić information content (AvgIpc) is 2.43. The molecule has 3 nitrogen and oxygen atoms in total. The SMILES string of the molecule is CCCCCC(C(=O)NO)C(S)c1ccccc1. The van der Waals surface area contributed by atoms with Crippen molar-refractivity contribution in [2.24, 2.45) is 5.92 Å². The van der Waals surface area contributed by atoms with Crippen molar-refractivity contribution in [3.8, 4) is 0 Å². The third-order valence-electron chi connectivity index (χ3n) is 3.09. The lowest BCUT2D eigenvalue weighted by Crippen LogP contribution is -2.30. The summed E-state index contributed by atoms with van der Waals surface area (Å²) in [4.78, 5) is 11.7. The van der Waals surface area contributed by atoms with E-state index < -0.39 is 0 Å². The first-order chi connectivity index (χ1) is 8.70. The van der Waals surface area contributed by atoms with Crippen LogP contribution in [0.1, 0.15) is 43.4 Å². The van der Waals surface area contributed by atoms with Crippen LogP contribution in [0.3, 0.4) is 0 Å². The fourth-order valence-electron chi connectivity index (χ4n) is 2.01. The van der Waals surface area contributed by atoms with Crippen molar-refractivity contribution >= 4 is 18.5 Å². The zero-order chi connectivity index (χ0) is 13.4. The Morgan fingerprint density at radius 2 is 2.00 bits per heavy atom. The van der Waals surface area contributed by atoms with Gasteiger partial charge in [0.05, 0.1) is 5.92 Å². The predicted molar refractivity (Wildman–Crippen MR) is 75.7 cm³/mol. The molecule has 0 aliphatic carbocycles. The molecule has 1 aromatic carbocycles. The van der Waals surface area contributed by atoms with E-state index in [9.17, 15) is 4.79 Å². The van der Waals surface area contributed by atoms with E-state index in [-0.39, 0.29) is 17.1 Å². The largest absolute Gasteiger partial charge is 0.289 e. The van der Waals surface area contributed by atoms with Crippen LogP contribution in [0, 0.1) is 5.92 Å². The molecule has 0 aliphatic rings. The lowest BCUT2D eigenvalue weighted by Gasteiger charge is -2.21. The molecule has 2 unspecified atom stereocenters. The van der Waals surface area contributed by atoms with Crippen molar-refractivity contribution < 1.29 is 10.0 Å². The van der Waals surface area contributed by atoms with Crippen molar-refractivity contribution in [1.29, 1.82) is 0 Å². The normalized spacial score (nSPS) is 13.9. The molecule has 1 amide bonds. The molecule has 2 atom stereocenters. The van der Waals surface area contributed by atoms with Gasteiger partial charge in [0.15, 0.2) is 0 Å². The van der Waals surface area contributed by atoms with Gasteiger partial charge in [-0.05, 0) is 12.0 Å². The van der Waals surface area contributed by atoms with Gasteiger partial charge in [0, 0.05) is 5.25 Å². The van der Waals surface area contributed by atoms with Crippen LogP contribution in [0.15, 0.2) is 30.3 Å². The van der Waals surface area contributed by atoms with Crippen LogP contribution in [0.4, 0.5) is 0 Å². The Morgan fingerprint density at radius 1 is 1.33 bits per heavy atom. The summed E-state index contributed by atoms with van der Waals surface area (Å²) in [6, 6.07) is 9.70. The maximum Gasteiger partial charge on any atom is 0.247 e.